The van der Waals surface area contributed by atoms with Crippen molar-refractivity contribution in [2.24, 2.45) is 0 Å². The Labute approximate surface area is 181 Å². The summed E-state index contributed by atoms with van der Waals surface area (Å²) in [7, 11) is 0. The molecule has 2 aliphatic heterocycles. The molecule has 3 aromatic rings. The highest BCUT2D eigenvalue weighted by atomic mass is 19.4. The van der Waals surface area contributed by atoms with Crippen molar-refractivity contribution in [3.05, 3.63) is 58.8 Å². The lowest BCUT2D eigenvalue weighted by molar-refractivity contribution is -0.155. The van der Waals surface area contributed by atoms with Crippen LogP contribution in [0.3, 0.4) is 0 Å². The van der Waals surface area contributed by atoms with Gasteiger partial charge in [-0.05, 0) is 42.7 Å². The molecule has 1 fully saturated rings. The summed E-state index contributed by atoms with van der Waals surface area (Å²) in [6.07, 6.45) is -2.60. The highest BCUT2D eigenvalue weighted by Crippen LogP contribution is 2.43. The predicted molar refractivity (Wildman–Crippen MR) is 111 cm³/mol. The number of fused-ring (bicyclic) bond motifs is 3. The molecule has 0 radical (unpaired) electrons. The SMILES string of the molecule is C[C@@H]1Cc2c(ccc3[nH]ncc23)[C@@H](c2c(F)cc(NC3CNC3)cc2F)N1CC(F)(F)F. The first kappa shape index (κ1) is 21.1. The number of aromatic nitrogens is 2. The molecule has 0 aliphatic carbocycles. The van der Waals surface area contributed by atoms with Crippen molar-refractivity contribution in [1.82, 2.24) is 20.4 Å². The van der Waals surface area contributed by atoms with Crippen molar-refractivity contribution in [3.8, 4) is 0 Å². The maximum absolute atomic E-state index is 15.3. The normalized spacial score (nSPS) is 22.1. The Kier molecular flexibility index (Phi) is 5.09. The number of H-pyrrole nitrogens is 1. The minimum Gasteiger partial charge on any atom is -0.380 e. The minimum absolute atomic E-state index is 0.0613. The number of hydrogen-bond acceptors (Lipinski definition) is 4. The average molecular weight is 451 g/mol. The summed E-state index contributed by atoms with van der Waals surface area (Å²) in [5, 5.41) is 13.7. The maximum atomic E-state index is 15.3. The van der Waals surface area contributed by atoms with E-state index < -0.39 is 36.4 Å². The van der Waals surface area contributed by atoms with Crippen LogP contribution < -0.4 is 10.6 Å². The molecule has 3 heterocycles. The van der Waals surface area contributed by atoms with Crippen LogP contribution in [-0.2, 0) is 6.42 Å². The molecule has 5 rings (SSSR count). The van der Waals surface area contributed by atoms with E-state index in [2.05, 4.69) is 20.8 Å². The van der Waals surface area contributed by atoms with Crippen molar-refractivity contribution in [2.75, 3.05) is 25.0 Å². The second-order valence-corrected chi connectivity index (χ2v) is 8.56. The summed E-state index contributed by atoms with van der Waals surface area (Å²) in [5.74, 6) is -1.74. The molecule has 0 bridgehead atoms. The fourth-order valence-corrected chi connectivity index (χ4v) is 4.75. The molecule has 0 unspecified atom stereocenters. The number of halogens is 5. The molecule has 10 heteroatoms. The zero-order chi connectivity index (χ0) is 22.6. The van der Waals surface area contributed by atoms with Gasteiger partial charge in [-0.2, -0.15) is 18.3 Å². The first-order valence-corrected chi connectivity index (χ1v) is 10.4. The summed E-state index contributed by atoms with van der Waals surface area (Å²) in [4.78, 5) is 1.14. The first-order valence-electron chi connectivity index (χ1n) is 10.4. The van der Waals surface area contributed by atoms with E-state index in [9.17, 15) is 13.2 Å². The van der Waals surface area contributed by atoms with Crippen molar-refractivity contribution in [3.63, 3.8) is 0 Å². The summed E-state index contributed by atoms with van der Waals surface area (Å²) >= 11 is 0. The number of aromatic amines is 1. The van der Waals surface area contributed by atoms with Gasteiger partial charge in [-0.25, -0.2) is 8.78 Å². The number of nitrogens with one attached hydrogen (secondary N) is 3. The van der Waals surface area contributed by atoms with Crippen molar-refractivity contribution in [2.45, 2.75) is 37.6 Å². The van der Waals surface area contributed by atoms with Crippen molar-refractivity contribution in [1.29, 1.82) is 0 Å². The highest BCUT2D eigenvalue weighted by molar-refractivity contribution is 5.83. The molecule has 5 nitrogen and oxygen atoms in total. The van der Waals surface area contributed by atoms with E-state index in [4.69, 9.17) is 0 Å². The molecule has 2 aromatic carbocycles. The van der Waals surface area contributed by atoms with Gasteiger partial charge in [0.05, 0.1) is 30.3 Å². The van der Waals surface area contributed by atoms with E-state index in [1.54, 1.807) is 25.3 Å². The van der Waals surface area contributed by atoms with Gasteiger partial charge >= 0.3 is 6.18 Å². The standard InChI is InChI=1S/C22H22F5N5/c1-11-4-15-14(2-3-19-16(15)9-29-31-19)21(32(11)10-22(25,26)27)20-17(23)5-12(6-18(20)24)30-13-7-28-8-13/h2-3,5-6,9,11,13,21,28,30H,4,7-8,10H2,1H3,(H,29,31)/t11-,21+/m1/s1. The molecule has 32 heavy (non-hydrogen) atoms. The molecule has 0 amide bonds. The Morgan fingerprint density at radius 1 is 1.16 bits per heavy atom. The van der Waals surface area contributed by atoms with Crippen LogP contribution in [0.1, 0.15) is 29.7 Å². The highest BCUT2D eigenvalue weighted by Gasteiger charge is 2.43. The van der Waals surface area contributed by atoms with Gasteiger partial charge in [-0.3, -0.25) is 10.00 Å². The number of rotatable bonds is 4. The van der Waals surface area contributed by atoms with Crippen molar-refractivity contribution < 1.29 is 22.0 Å². The summed E-state index contributed by atoms with van der Waals surface area (Å²) < 4.78 is 71.1. The molecule has 1 saturated heterocycles. The third kappa shape index (κ3) is 3.71. The van der Waals surface area contributed by atoms with Gasteiger partial charge in [-0.15, -0.1) is 0 Å². The monoisotopic (exact) mass is 451 g/mol. The van der Waals surface area contributed by atoms with Gasteiger partial charge in [0.25, 0.3) is 0 Å². The zero-order valence-corrected chi connectivity index (χ0v) is 17.2. The van der Waals surface area contributed by atoms with Gasteiger partial charge in [-0.1, -0.05) is 6.07 Å². The number of hydrogen-bond donors (Lipinski definition) is 3. The number of anilines is 1. The molecule has 2 aliphatic rings. The van der Waals surface area contributed by atoms with Gasteiger partial charge in [0.15, 0.2) is 0 Å². The molecular weight excluding hydrogens is 429 g/mol. The molecule has 0 spiro atoms. The Bertz CT molecular complexity index is 1130. The zero-order valence-electron chi connectivity index (χ0n) is 17.2. The number of benzene rings is 2. The maximum Gasteiger partial charge on any atom is 0.401 e. The van der Waals surface area contributed by atoms with Crippen LogP contribution in [-0.4, -0.2) is 53.0 Å². The Morgan fingerprint density at radius 3 is 2.50 bits per heavy atom. The first-order chi connectivity index (χ1) is 15.2. The molecule has 1 aromatic heterocycles. The lowest BCUT2D eigenvalue weighted by Gasteiger charge is -2.43. The molecule has 2 atom stereocenters. The molecule has 0 saturated carbocycles. The Morgan fingerprint density at radius 2 is 1.88 bits per heavy atom. The van der Waals surface area contributed by atoms with Crippen LogP contribution in [0.2, 0.25) is 0 Å². The summed E-state index contributed by atoms with van der Waals surface area (Å²) in [6.45, 7) is 1.74. The van der Waals surface area contributed by atoms with Gasteiger partial charge < -0.3 is 10.6 Å². The van der Waals surface area contributed by atoms with Crippen LogP contribution in [0.4, 0.5) is 27.6 Å². The Balaban J connectivity index is 1.64. The summed E-state index contributed by atoms with van der Waals surface area (Å²) in [5.41, 5.74) is 1.85. The minimum atomic E-state index is -4.52. The van der Waals surface area contributed by atoms with Gasteiger partial charge in [0.1, 0.15) is 11.6 Å². The lowest BCUT2D eigenvalue weighted by Crippen LogP contribution is -2.51. The predicted octanol–water partition coefficient (Wildman–Crippen LogP) is 4.12. The third-order valence-corrected chi connectivity index (χ3v) is 6.33. The quantitative estimate of drug-likeness (QED) is 0.523. The van der Waals surface area contributed by atoms with E-state index in [-0.39, 0.29) is 17.3 Å². The van der Waals surface area contributed by atoms with E-state index in [1.807, 2.05) is 0 Å². The Hall–Kier alpha value is -2.72. The van der Waals surface area contributed by atoms with Crippen LogP contribution in [0.15, 0.2) is 30.5 Å². The molecule has 3 N–H and O–H groups in total. The molecule has 170 valence electrons. The topological polar surface area (TPSA) is 56.0 Å². The lowest BCUT2D eigenvalue weighted by atomic mass is 9.83. The van der Waals surface area contributed by atoms with E-state index >= 15 is 8.78 Å². The third-order valence-electron chi connectivity index (χ3n) is 6.33. The van der Waals surface area contributed by atoms with Crippen LogP contribution in [0.25, 0.3) is 10.9 Å². The largest absolute Gasteiger partial charge is 0.401 e. The second-order valence-electron chi connectivity index (χ2n) is 8.56. The van der Waals surface area contributed by atoms with Crippen LogP contribution in [0.5, 0.6) is 0 Å². The van der Waals surface area contributed by atoms with Gasteiger partial charge in [0.2, 0.25) is 0 Å². The second kappa shape index (κ2) is 7.70. The van der Waals surface area contributed by atoms with Crippen molar-refractivity contribution >= 4 is 16.6 Å². The van der Waals surface area contributed by atoms with Crippen LogP contribution >= 0.6 is 0 Å². The van der Waals surface area contributed by atoms with Crippen LogP contribution in [0, 0.1) is 11.6 Å². The average Bonchev–Trinajstić information content (AvgIpc) is 3.15. The summed E-state index contributed by atoms with van der Waals surface area (Å²) in [6, 6.07) is 3.91. The fourth-order valence-electron chi connectivity index (χ4n) is 4.75. The smallest absolute Gasteiger partial charge is 0.380 e. The molecular formula is C22H22F5N5. The van der Waals surface area contributed by atoms with E-state index in [0.717, 1.165) is 33.5 Å². The number of alkyl halides is 3. The fraction of sp³-hybridized carbons (Fsp3) is 0.409. The number of nitrogens with zero attached hydrogens (tertiary/aromatic N) is 2. The van der Waals surface area contributed by atoms with Gasteiger partial charge in [0, 0.05) is 35.8 Å². The van der Waals surface area contributed by atoms with E-state index in [1.165, 1.54) is 0 Å². The van der Waals surface area contributed by atoms with E-state index in [0.29, 0.717) is 25.1 Å².